The van der Waals surface area contributed by atoms with Crippen molar-refractivity contribution >= 4 is 26.6 Å². The van der Waals surface area contributed by atoms with E-state index in [1.807, 2.05) is 6.07 Å². The standard InChI is InChI=1S/C23H23FN4O3S/c1-4-32(30,31)26-21-10-17(18-9-15(2)23(29)27(3)14-18)11-22-20(21)12-25-28(22)13-16-5-7-19(24)8-6-16/h5-12,14,26H,4,13H2,1-3H3. The second kappa shape index (κ2) is 8.23. The van der Waals surface area contributed by atoms with Gasteiger partial charge in [-0.3, -0.25) is 14.2 Å². The third kappa shape index (κ3) is 4.29. The van der Waals surface area contributed by atoms with Gasteiger partial charge >= 0.3 is 0 Å². The number of aromatic nitrogens is 3. The second-order valence-corrected chi connectivity index (χ2v) is 9.73. The number of aryl methyl sites for hydroxylation is 2. The number of nitrogens with one attached hydrogen (secondary N) is 1. The van der Waals surface area contributed by atoms with Crippen LogP contribution in [0.25, 0.3) is 22.0 Å². The smallest absolute Gasteiger partial charge is 0.253 e. The van der Waals surface area contributed by atoms with Gasteiger partial charge in [0, 0.05) is 24.2 Å². The molecule has 4 rings (SSSR count). The molecule has 4 aromatic rings. The predicted octanol–water partition coefficient (Wildman–Crippen LogP) is 3.66. The first kappa shape index (κ1) is 21.8. The van der Waals surface area contributed by atoms with Gasteiger partial charge in [-0.1, -0.05) is 12.1 Å². The summed E-state index contributed by atoms with van der Waals surface area (Å²) in [5, 5.41) is 5.09. The van der Waals surface area contributed by atoms with Crippen molar-refractivity contribution in [2.24, 2.45) is 7.05 Å². The number of pyridine rings is 1. The first-order chi connectivity index (χ1) is 15.2. The van der Waals surface area contributed by atoms with Crippen LogP contribution >= 0.6 is 0 Å². The molecule has 0 saturated heterocycles. The van der Waals surface area contributed by atoms with Gasteiger partial charge in [0.25, 0.3) is 5.56 Å². The van der Waals surface area contributed by atoms with E-state index in [1.54, 1.807) is 62.2 Å². The number of nitrogens with zero attached hydrogens (tertiary/aromatic N) is 3. The number of anilines is 1. The second-order valence-electron chi connectivity index (χ2n) is 7.72. The van der Waals surface area contributed by atoms with Crippen LogP contribution in [0.4, 0.5) is 10.1 Å². The molecule has 2 aromatic carbocycles. The number of hydrogen-bond acceptors (Lipinski definition) is 4. The molecule has 0 aliphatic rings. The Kier molecular flexibility index (Phi) is 5.60. The highest BCUT2D eigenvalue weighted by atomic mass is 32.2. The van der Waals surface area contributed by atoms with Crippen molar-refractivity contribution in [3.8, 4) is 11.1 Å². The minimum Gasteiger partial charge on any atom is -0.318 e. The molecule has 0 aliphatic heterocycles. The highest BCUT2D eigenvalue weighted by Crippen LogP contribution is 2.32. The number of hydrogen-bond donors (Lipinski definition) is 1. The Morgan fingerprint density at radius 3 is 2.47 bits per heavy atom. The molecule has 9 heteroatoms. The molecule has 2 heterocycles. The Morgan fingerprint density at radius 2 is 1.81 bits per heavy atom. The minimum atomic E-state index is -3.52. The van der Waals surface area contributed by atoms with E-state index in [2.05, 4.69) is 9.82 Å². The molecule has 0 atom stereocenters. The number of benzene rings is 2. The molecule has 0 radical (unpaired) electrons. The summed E-state index contributed by atoms with van der Waals surface area (Å²) in [5.41, 5.74) is 3.99. The molecular weight excluding hydrogens is 431 g/mol. The third-order valence-electron chi connectivity index (χ3n) is 5.35. The van der Waals surface area contributed by atoms with E-state index < -0.39 is 10.0 Å². The maximum absolute atomic E-state index is 13.3. The molecule has 0 fully saturated rings. The lowest BCUT2D eigenvalue weighted by atomic mass is 10.0. The van der Waals surface area contributed by atoms with E-state index in [-0.39, 0.29) is 17.1 Å². The van der Waals surface area contributed by atoms with E-state index in [9.17, 15) is 17.6 Å². The lowest BCUT2D eigenvalue weighted by molar-refractivity contribution is 0.602. The van der Waals surface area contributed by atoms with Gasteiger partial charge < -0.3 is 4.57 Å². The van der Waals surface area contributed by atoms with Crippen LogP contribution in [0.5, 0.6) is 0 Å². The Hall–Kier alpha value is -3.46. The van der Waals surface area contributed by atoms with Gasteiger partial charge in [-0.2, -0.15) is 5.10 Å². The predicted molar refractivity (Wildman–Crippen MR) is 124 cm³/mol. The Labute approximate surface area is 185 Å². The van der Waals surface area contributed by atoms with Crippen molar-refractivity contribution in [3.63, 3.8) is 0 Å². The van der Waals surface area contributed by atoms with E-state index in [4.69, 9.17) is 0 Å². The first-order valence-corrected chi connectivity index (χ1v) is 11.7. The van der Waals surface area contributed by atoms with Crippen LogP contribution in [0.1, 0.15) is 18.1 Å². The van der Waals surface area contributed by atoms with Gasteiger partial charge in [0.05, 0.1) is 29.7 Å². The molecular formula is C23H23FN4O3S. The van der Waals surface area contributed by atoms with Crippen molar-refractivity contribution in [2.75, 3.05) is 10.5 Å². The number of halogens is 1. The maximum Gasteiger partial charge on any atom is 0.253 e. The summed E-state index contributed by atoms with van der Waals surface area (Å²) in [4.78, 5) is 12.1. The number of fused-ring (bicyclic) bond motifs is 1. The number of sulfonamides is 1. The molecule has 7 nitrogen and oxygen atoms in total. The van der Waals surface area contributed by atoms with Crippen LogP contribution in [0, 0.1) is 12.7 Å². The summed E-state index contributed by atoms with van der Waals surface area (Å²) in [6, 6.07) is 11.6. The van der Waals surface area contributed by atoms with Gasteiger partial charge in [-0.05, 0) is 60.9 Å². The van der Waals surface area contributed by atoms with Gasteiger partial charge in [-0.25, -0.2) is 12.8 Å². The zero-order chi connectivity index (χ0) is 23.0. The fourth-order valence-corrected chi connectivity index (χ4v) is 4.24. The van der Waals surface area contributed by atoms with Crippen molar-refractivity contribution < 1.29 is 12.8 Å². The highest BCUT2D eigenvalue weighted by Gasteiger charge is 2.16. The summed E-state index contributed by atoms with van der Waals surface area (Å²) in [5.74, 6) is -0.385. The summed E-state index contributed by atoms with van der Waals surface area (Å²) >= 11 is 0. The molecule has 0 saturated carbocycles. The summed E-state index contributed by atoms with van der Waals surface area (Å²) < 4.78 is 43.8. The third-order valence-corrected chi connectivity index (χ3v) is 6.64. The van der Waals surface area contributed by atoms with Crippen molar-refractivity contribution in [2.45, 2.75) is 20.4 Å². The van der Waals surface area contributed by atoms with Crippen LogP contribution < -0.4 is 10.3 Å². The zero-order valence-corrected chi connectivity index (χ0v) is 18.8. The van der Waals surface area contributed by atoms with Gasteiger partial charge in [0.2, 0.25) is 10.0 Å². The quantitative estimate of drug-likeness (QED) is 0.482. The lowest BCUT2D eigenvalue weighted by Gasteiger charge is -2.13. The van der Waals surface area contributed by atoms with Crippen molar-refractivity contribution in [3.05, 3.63) is 82.2 Å². The van der Waals surface area contributed by atoms with Crippen LogP contribution in [0.3, 0.4) is 0 Å². The Bertz CT molecular complexity index is 1450. The van der Waals surface area contributed by atoms with Gasteiger partial charge in [-0.15, -0.1) is 0 Å². The van der Waals surface area contributed by atoms with Gasteiger partial charge in [0.15, 0.2) is 0 Å². The fourth-order valence-electron chi connectivity index (χ4n) is 3.59. The molecule has 0 bridgehead atoms. The Morgan fingerprint density at radius 1 is 1.09 bits per heavy atom. The van der Waals surface area contributed by atoms with Crippen LogP contribution in [0.2, 0.25) is 0 Å². The normalized spacial score (nSPS) is 11.8. The van der Waals surface area contributed by atoms with E-state index in [0.717, 1.165) is 16.7 Å². The average Bonchev–Trinajstić information content (AvgIpc) is 3.16. The SMILES string of the molecule is CCS(=O)(=O)Nc1cc(-c2cc(C)c(=O)n(C)c2)cc2c1cnn2Cc1ccc(F)cc1. The topological polar surface area (TPSA) is 86.0 Å². The fraction of sp³-hybridized carbons (Fsp3) is 0.217. The molecule has 32 heavy (non-hydrogen) atoms. The van der Waals surface area contributed by atoms with Gasteiger partial charge in [0.1, 0.15) is 5.82 Å². The molecule has 1 N–H and O–H groups in total. The molecule has 0 unspecified atom stereocenters. The molecule has 2 aromatic heterocycles. The number of rotatable bonds is 6. The maximum atomic E-state index is 13.3. The van der Waals surface area contributed by atoms with Crippen LogP contribution in [0.15, 0.2) is 59.7 Å². The van der Waals surface area contributed by atoms with Crippen LogP contribution in [-0.4, -0.2) is 28.5 Å². The first-order valence-electron chi connectivity index (χ1n) is 10.1. The zero-order valence-electron chi connectivity index (χ0n) is 18.0. The molecule has 0 spiro atoms. The largest absolute Gasteiger partial charge is 0.318 e. The van der Waals surface area contributed by atoms with E-state index >= 15 is 0 Å². The molecule has 0 amide bonds. The lowest BCUT2D eigenvalue weighted by Crippen LogP contribution is -2.18. The summed E-state index contributed by atoms with van der Waals surface area (Å²) in [6.45, 7) is 3.70. The van der Waals surface area contributed by atoms with Crippen molar-refractivity contribution in [1.82, 2.24) is 14.3 Å². The summed E-state index contributed by atoms with van der Waals surface area (Å²) in [7, 11) is -1.85. The van der Waals surface area contributed by atoms with E-state index in [0.29, 0.717) is 28.7 Å². The molecule has 0 aliphatic carbocycles. The molecule has 166 valence electrons. The summed E-state index contributed by atoms with van der Waals surface area (Å²) in [6.07, 6.45) is 3.33. The van der Waals surface area contributed by atoms with Crippen LogP contribution in [-0.2, 0) is 23.6 Å². The van der Waals surface area contributed by atoms with Crippen molar-refractivity contribution in [1.29, 1.82) is 0 Å². The highest BCUT2D eigenvalue weighted by molar-refractivity contribution is 7.92. The Balaban J connectivity index is 1.90. The monoisotopic (exact) mass is 454 g/mol. The average molecular weight is 455 g/mol. The minimum absolute atomic E-state index is 0.0681. The van der Waals surface area contributed by atoms with E-state index in [1.165, 1.54) is 16.7 Å².